The fraction of sp³-hybridized carbons (Fsp3) is 0.429. The van der Waals surface area contributed by atoms with Gasteiger partial charge in [0.2, 0.25) is 0 Å². The molecule has 2 aromatic rings. The van der Waals surface area contributed by atoms with Crippen LogP contribution in [0.15, 0.2) is 50.2 Å². The fourth-order valence-electron chi connectivity index (χ4n) is 3.72. The van der Waals surface area contributed by atoms with Crippen molar-refractivity contribution >= 4 is 43.6 Å². The van der Waals surface area contributed by atoms with Crippen molar-refractivity contribution in [3.05, 3.63) is 56.5 Å². The number of morpholine rings is 1. The maximum absolute atomic E-state index is 11.6. The number of hydrogen-bond donors (Lipinski definition) is 1. The summed E-state index contributed by atoms with van der Waals surface area (Å²) in [6, 6.07) is 12.4. The average Bonchev–Trinajstić information content (AvgIpc) is 2.68. The van der Waals surface area contributed by atoms with Crippen molar-refractivity contribution < 1.29 is 14.6 Å². The number of hydrogen-bond acceptors (Lipinski definition) is 5. The first-order valence-electron chi connectivity index (χ1n) is 9.32. The van der Waals surface area contributed by atoms with Crippen molar-refractivity contribution in [1.29, 1.82) is 0 Å². The van der Waals surface area contributed by atoms with Gasteiger partial charge in [0.05, 0.1) is 22.4 Å². The van der Waals surface area contributed by atoms with Gasteiger partial charge >= 0.3 is 0 Å². The Kier molecular flexibility index (Phi) is 6.40. The van der Waals surface area contributed by atoms with Gasteiger partial charge in [-0.3, -0.25) is 4.90 Å². The Morgan fingerprint density at radius 1 is 1.18 bits per heavy atom. The third kappa shape index (κ3) is 4.30. The molecule has 28 heavy (non-hydrogen) atoms. The van der Waals surface area contributed by atoms with Gasteiger partial charge in [0.1, 0.15) is 18.5 Å². The van der Waals surface area contributed by atoms with Gasteiger partial charge in [-0.05, 0) is 47.1 Å². The molecule has 0 aromatic heterocycles. The molecule has 1 fully saturated rings. The van der Waals surface area contributed by atoms with Gasteiger partial charge in [-0.25, -0.2) is 0 Å². The van der Waals surface area contributed by atoms with E-state index in [1.807, 2.05) is 12.1 Å². The van der Waals surface area contributed by atoms with E-state index in [1.54, 1.807) is 11.8 Å². The van der Waals surface area contributed by atoms with Crippen LogP contribution in [-0.2, 0) is 4.74 Å². The van der Waals surface area contributed by atoms with Crippen LogP contribution in [0.2, 0.25) is 0 Å². The highest BCUT2D eigenvalue weighted by atomic mass is 79.9. The molecule has 4 nitrogen and oxygen atoms in total. The minimum atomic E-state index is -0.654. The van der Waals surface area contributed by atoms with Crippen LogP contribution < -0.4 is 4.74 Å². The second kappa shape index (κ2) is 8.66. The summed E-state index contributed by atoms with van der Waals surface area (Å²) in [4.78, 5) is 3.51. The number of rotatable bonds is 4. The van der Waals surface area contributed by atoms with Gasteiger partial charge in [-0.2, -0.15) is 0 Å². The lowest BCUT2D eigenvalue weighted by Gasteiger charge is -2.45. The second-order valence-corrected chi connectivity index (χ2v) is 10.6. The summed E-state index contributed by atoms with van der Waals surface area (Å²) in [6.07, 6.45) is -0.654. The molecule has 2 aliphatic rings. The summed E-state index contributed by atoms with van der Waals surface area (Å²) in [5.74, 6) is 0.734. The summed E-state index contributed by atoms with van der Waals surface area (Å²) >= 11 is 8.83. The lowest BCUT2D eigenvalue weighted by atomic mass is 9.91. The minimum Gasteiger partial charge on any atom is -0.490 e. The SMILES string of the molecule is Cc1ccc(SC2(CN3CCOCC3)COc3c(Br)cc(Br)cc3C2O)cc1. The topological polar surface area (TPSA) is 41.9 Å². The summed E-state index contributed by atoms with van der Waals surface area (Å²) in [5, 5.41) is 11.6. The number of fused-ring (bicyclic) bond motifs is 1. The van der Waals surface area contributed by atoms with Crippen LogP contribution >= 0.6 is 43.6 Å². The monoisotopic (exact) mass is 527 g/mol. The predicted octanol–water partition coefficient (Wildman–Crippen LogP) is 4.81. The van der Waals surface area contributed by atoms with E-state index in [0.29, 0.717) is 6.61 Å². The van der Waals surface area contributed by atoms with Crippen molar-refractivity contribution in [3.8, 4) is 5.75 Å². The molecule has 1 N–H and O–H groups in total. The quantitative estimate of drug-likeness (QED) is 0.616. The molecular weight excluding hydrogens is 506 g/mol. The molecule has 7 heteroatoms. The van der Waals surface area contributed by atoms with Crippen LogP contribution in [0, 0.1) is 6.92 Å². The zero-order chi connectivity index (χ0) is 19.7. The van der Waals surface area contributed by atoms with Crippen LogP contribution in [0.5, 0.6) is 5.75 Å². The van der Waals surface area contributed by atoms with E-state index in [0.717, 1.165) is 58.0 Å². The summed E-state index contributed by atoms with van der Waals surface area (Å²) in [5.41, 5.74) is 2.05. The van der Waals surface area contributed by atoms with Crippen LogP contribution in [0.25, 0.3) is 0 Å². The normalized spacial score (nSPS) is 25.2. The molecule has 0 spiro atoms. The highest BCUT2D eigenvalue weighted by Gasteiger charge is 2.47. The van der Waals surface area contributed by atoms with E-state index >= 15 is 0 Å². The van der Waals surface area contributed by atoms with Crippen LogP contribution in [0.1, 0.15) is 17.2 Å². The fourth-order valence-corrected chi connectivity index (χ4v) is 6.44. The molecule has 0 radical (unpaired) electrons. The molecule has 2 atom stereocenters. The van der Waals surface area contributed by atoms with Crippen LogP contribution in [-0.4, -0.2) is 54.2 Å². The van der Waals surface area contributed by atoms with Crippen molar-refractivity contribution in [1.82, 2.24) is 4.90 Å². The van der Waals surface area contributed by atoms with Crippen molar-refractivity contribution in [2.45, 2.75) is 22.7 Å². The smallest absolute Gasteiger partial charge is 0.139 e. The number of aryl methyl sites for hydroxylation is 1. The zero-order valence-corrected chi connectivity index (χ0v) is 19.6. The number of benzene rings is 2. The van der Waals surface area contributed by atoms with Crippen LogP contribution in [0.3, 0.4) is 0 Å². The number of aliphatic hydroxyl groups is 1. The molecule has 0 amide bonds. The first-order valence-corrected chi connectivity index (χ1v) is 11.7. The summed E-state index contributed by atoms with van der Waals surface area (Å²) < 4.78 is 13.0. The number of nitrogens with zero attached hydrogens (tertiary/aromatic N) is 1. The molecule has 150 valence electrons. The van der Waals surface area contributed by atoms with Crippen molar-refractivity contribution in [3.63, 3.8) is 0 Å². The maximum Gasteiger partial charge on any atom is 0.139 e. The molecule has 4 rings (SSSR count). The lowest BCUT2D eigenvalue weighted by Crippen LogP contribution is -2.53. The van der Waals surface area contributed by atoms with Gasteiger partial charge in [0.25, 0.3) is 0 Å². The Bertz CT molecular complexity index is 842. The molecule has 0 saturated carbocycles. The van der Waals surface area contributed by atoms with E-state index in [-0.39, 0.29) is 0 Å². The lowest BCUT2D eigenvalue weighted by molar-refractivity contribution is 0.00480. The molecule has 1 saturated heterocycles. The van der Waals surface area contributed by atoms with Crippen molar-refractivity contribution in [2.24, 2.45) is 0 Å². The van der Waals surface area contributed by atoms with E-state index in [1.165, 1.54) is 5.56 Å². The van der Waals surface area contributed by atoms with Crippen LogP contribution in [0.4, 0.5) is 0 Å². The van der Waals surface area contributed by atoms with Gasteiger partial charge in [-0.15, -0.1) is 11.8 Å². The molecule has 2 heterocycles. The first kappa shape index (κ1) is 20.7. The average molecular weight is 529 g/mol. The molecule has 2 unspecified atom stereocenters. The van der Waals surface area contributed by atoms with Crippen molar-refractivity contribution in [2.75, 3.05) is 39.5 Å². The van der Waals surface area contributed by atoms with E-state index < -0.39 is 10.9 Å². The van der Waals surface area contributed by atoms with E-state index in [4.69, 9.17) is 9.47 Å². The van der Waals surface area contributed by atoms with E-state index in [2.05, 4.69) is 67.9 Å². The summed E-state index contributed by atoms with van der Waals surface area (Å²) in [7, 11) is 0. The largest absolute Gasteiger partial charge is 0.490 e. The highest BCUT2D eigenvalue weighted by Crippen LogP contribution is 2.51. The maximum atomic E-state index is 11.6. The molecular formula is C21H23Br2NO3S. The molecule has 0 bridgehead atoms. The van der Waals surface area contributed by atoms with Gasteiger partial charge in [-0.1, -0.05) is 33.6 Å². The Labute approximate surface area is 186 Å². The standard InChI is InChI=1S/C21H23Br2NO3S/c1-14-2-4-16(5-3-14)28-21(12-24-6-8-26-9-7-24)13-27-19-17(20(21)25)10-15(22)11-18(19)23/h2-5,10-11,20,25H,6-9,12-13H2,1H3. The summed E-state index contributed by atoms with van der Waals surface area (Å²) in [6.45, 7) is 6.47. The minimum absolute atomic E-state index is 0.442. The number of thioether (sulfide) groups is 1. The zero-order valence-electron chi connectivity index (χ0n) is 15.7. The third-order valence-corrected chi connectivity index (χ3v) is 7.66. The van der Waals surface area contributed by atoms with E-state index in [9.17, 15) is 5.11 Å². The first-order chi connectivity index (χ1) is 13.5. The van der Waals surface area contributed by atoms with Gasteiger partial charge < -0.3 is 14.6 Å². The third-order valence-electron chi connectivity index (χ3n) is 5.23. The number of ether oxygens (including phenoxy) is 2. The Morgan fingerprint density at radius 3 is 2.61 bits per heavy atom. The Hall–Kier alpha value is -0.570. The number of halogens is 2. The highest BCUT2D eigenvalue weighted by molar-refractivity contribution is 9.11. The number of aliphatic hydroxyl groups excluding tert-OH is 1. The second-order valence-electron chi connectivity index (χ2n) is 7.37. The Balaban J connectivity index is 1.70. The van der Waals surface area contributed by atoms with Gasteiger partial charge in [0, 0.05) is 34.6 Å². The molecule has 0 aliphatic carbocycles. The Morgan fingerprint density at radius 2 is 1.89 bits per heavy atom. The molecule has 2 aromatic carbocycles. The predicted molar refractivity (Wildman–Crippen MR) is 119 cm³/mol. The molecule has 2 aliphatic heterocycles. The van der Waals surface area contributed by atoms with Gasteiger partial charge in [0.15, 0.2) is 0 Å².